The lowest BCUT2D eigenvalue weighted by molar-refractivity contribution is -0.385. The minimum absolute atomic E-state index is 0.0202. The summed E-state index contributed by atoms with van der Waals surface area (Å²) in [5.41, 5.74) is 0.231. The lowest BCUT2D eigenvalue weighted by Gasteiger charge is -2.10. The van der Waals surface area contributed by atoms with Gasteiger partial charge in [0.05, 0.1) is 11.5 Å². The van der Waals surface area contributed by atoms with Gasteiger partial charge in [-0.15, -0.1) is 0 Å². The Kier molecular flexibility index (Phi) is 5.96. The van der Waals surface area contributed by atoms with E-state index in [1.54, 1.807) is 6.92 Å². The molecule has 0 aliphatic rings. The van der Waals surface area contributed by atoms with E-state index in [2.05, 4.69) is 10.6 Å². The van der Waals surface area contributed by atoms with E-state index in [1.165, 1.54) is 36.4 Å². The molecule has 2 aromatic carbocycles. The van der Waals surface area contributed by atoms with Crippen molar-refractivity contribution in [2.75, 3.05) is 11.9 Å². The summed E-state index contributed by atoms with van der Waals surface area (Å²) >= 11 is 5.00. The topological polar surface area (TPSA) is 93.5 Å². The number of hydrogen-bond acceptors (Lipinski definition) is 5. The first-order valence-electron chi connectivity index (χ1n) is 7.20. The van der Waals surface area contributed by atoms with E-state index in [0.29, 0.717) is 5.69 Å². The van der Waals surface area contributed by atoms with Gasteiger partial charge in [-0.1, -0.05) is 0 Å². The van der Waals surface area contributed by atoms with Gasteiger partial charge >= 0.3 is 5.69 Å². The van der Waals surface area contributed by atoms with Gasteiger partial charge in [-0.25, -0.2) is 4.39 Å². The molecular formula is C16H14FN3O4S. The number of anilines is 1. The average molecular weight is 363 g/mol. The zero-order valence-electron chi connectivity index (χ0n) is 13.1. The second-order valence-corrected chi connectivity index (χ2v) is 5.20. The van der Waals surface area contributed by atoms with Crippen molar-refractivity contribution in [2.24, 2.45) is 0 Å². The lowest BCUT2D eigenvalue weighted by atomic mass is 10.1. The highest BCUT2D eigenvalue weighted by Crippen LogP contribution is 2.27. The molecule has 0 unspecified atom stereocenters. The Hall–Kier alpha value is -3.07. The van der Waals surface area contributed by atoms with Crippen LogP contribution in [-0.2, 0) is 0 Å². The standard InChI is InChI=1S/C16H14FN3O4S/c1-2-24-14-8-3-10(9-13(14)20(22)23)15(21)19-16(25)18-12-6-4-11(17)5-7-12/h3-9H,2H2,1H3,(H2,18,19,21,25). The number of benzene rings is 2. The van der Waals surface area contributed by atoms with Gasteiger partial charge in [-0.3, -0.25) is 20.2 Å². The maximum atomic E-state index is 12.9. The molecule has 0 aliphatic carbocycles. The third-order valence-corrected chi connectivity index (χ3v) is 3.25. The Labute approximate surface area is 148 Å². The van der Waals surface area contributed by atoms with Gasteiger partial charge in [-0.2, -0.15) is 0 Å². The fraction of sp³-hybridized carbons (Fsp3) is 0.125. The molecule has 25 heavy (non-hydrogen) atoms. The van der Waals surface area contributed by atoms with Crippen molar-refractivity contribution in [3.8, 4) is 5.75 Å². The summed E-state index contributed by atoms with van der Waals surface area (Å²) in [5, 5.41) is 16.2. The number of ether oxygens (including phenoxy) is 1. The number of nitrogens with one attached hydrogen (secondary N) is 2. The van der Waals surface area contributed by atoms with Crippen molar-refractivity contribution in [1.29, 1.82) is 0 Å². The van der Waals surface area contributed by atoms with E-state index in [1.807, 2.05) is 0 Å². The van der Waals surface area contributed by atoms with E-state index in [9.17, 15) is 19.3 Å². The number of rotatable bonds is 5. The van der Waals surface area contributed by atoms with E-state index in [4.69, 9.17) is 17.0 Å². The van der Waals surface area contributed by atoms with Crippen molar-refractivity contribution in [2.45, 2.75) is 6.92 Å². The first kappa shape index (κ1) is 18.3. The number of amides is 1. The largest absolute Gasteiger partial charge is 0.487 e. The maximum Gasteiger partial charge on any atom is 0.311 e. The number of carbonyl (C=O) groups is 1. The van der Waals surface area contributed by atoms with Crippen LogP contribution in [0.25, 0.3) is 0 Å². The molecule has 0 aliphatic heterocycles. The van der Waals surface area contributed by atoms with Crippen molar-refractivity contribution in [3.05, 3.63) is 64.0 Å². The van der Waals surface area contributed by atoms with E-state index in [-0.39, 0.29) is 28.7 Å². The number of thiocarbonyl (C=S) groups is 1. The van der Waals surface area contributed by atoms with Crippen LogP contribution < -0.4 is 15.4 Å². The van der Waals surface area contributed by atoms with Gasteiger partial charge < -0.3 is 10.1 Å². The SMILES string of the molecule is CCOc1ccc(C(=O)NC(=S)Nc2ccc(F)cc2)cc1[N+](=O)[O-]. The Morgan fingerprint density at radius 1 is 1.28 bits per heavy atom. The fourth-order valence-corrected chi connectivity index (χ4v) is 2.16. The molecule has 0 bridgehead atoms. The van der Waals surface area contributed by atoms with E-state index < -0.39 is 16.6 Å². The zero-order valence-corrected chi connectivity index (χ0v) is 13.9. The highest BCUT2D eigenvalue weighted by Gasteiger charge is 2.19. The molecule has 0 aromatic heterocycles. The molecule has 0 saturated heterocycles. The molecule has 2 rings (SSSR count). The monoisotopic (exact) mass is 363 g/mol. The van der Waals surface area contributed by atoms with Crippen LogP contribution in [0.4, 0.5) is 15.8 Å². The van der Waals surface area contributed by atoms with Crippen LogP contribution in [0.3, 0.4) is 0 Å². The Morgan fingerprint density at radius 2 is 1.96 bits per heavy atom. The van der Waals surface area contributed by atoms with E-state index >= 15 is 0 Å². The molecule has 9 heteroatoms. The highest BCUT2D eigenvalue weighted by molar-refractivity contribution is 7.80. The van der Waals surface area contributed by atoms with Gasteiger partial charge in [0, 0.05) is 17.3 Å². The summed E-state index contributed by atoms with van der Waals surface area (Å²) in [7, 11) is 0. The zero-order chi connectivity index (χ0) is 18.4. The number of carbonyl (C=O) groups excluding carboxylic acids is 1. The lowest BCUT2D eigenvalue weighted by Crippen LogP contribution is -2.34. The molecule has 1 amide bonds. The van der Waals surface area contributed by atoms with Crippen molar-refractivity contribution in [1.82, 2.24) is 5.32 Å². The van der Waals surface area contributed by atoms with Crippen molar-refractivity contribution < 1.29 is 18.8 Å². The average Bonchev–Trinajstić information content (AvgIpc) is 2.57. The summed E-state index contributed by atoms with van der Waals surface area (Å²) < 4.78 is 18.0. The molecule has 0 atom stereocenters. The third kappa shape index (κ3) is 4.95. The van der Waals surface area contributed by atoms with Crippen LogP contribution in [0.15, 0.2) is 42.5 Å². The molecule has 0 radical (unpaired) electrons. The molecular weight excluding hydrogens is 349 g/mol. The molecule has 0 fully saturated rings. The molecule has 0 spiro atoms. The van der Waals surface area contributed by atoms with Crippen LogP contribution in [-0.4, -0.2) is 22.5 Å². The number of nitrogens with zero attached hydrogens (tertiary/aromatic N) is 1. The van der Waals surface area contributed by atoms with Crippen LogP contribution in [0, 0.1) is 15.9 Å². The van der Waals surface area contributed by atoms with Gasteiger partial charge in [0.15, 0.2) is 10.9 Å². The maximum absolute atomic E-state index is 12.9. The van der Waals surface area contributed by atoms with Crippen LogP contribution in [0.1, 0.15) is 17.3 Å². The summed E-state index contributed by atoms with van der Waals surface area (Å²) in [6.45, 7) is 1.96. The van der Waals surface area contributed by atoms with Gasteiger partial charge in [0.1, 0.15) is 5.82 Å². The Bertz CT molecular complexity index is 812. The molecule has 7 nitrogen and oxygen atoms in total. The fourth-order valence-electron chi connectivity index (χ4n) is 1.95. The molecule has 2 aromatic rings. The normalized spacial score (nSPS) is 10.0. The Balaban J connectivity index is 2.09. The summed E-state index contributed by atoms with van der Waals surface area (Å²) in [6.07, 6.45) is 0. The number of halogens is 1. The Morgan fingerprint density at radius 3 is 2.56 bits per heavy atom. The van der Waals surface area contributed by atoms with Gasteiger partial charge in [0.25, 0.3) is 5.91 Å². The second-order valence-electron chi connectivity index (χ2n) is 4.79. The molecule has 2 N–H and O–H groups in total. The van der Waals surface area contributed by atoms with Crippen LogP contribution >= 0.6 is 12.2 Å². The first-order chi connectivity index (χ1) is 11.9. The number of nitro benzene ring substituents is 1. The molecule has 130 valence electrons. The predicted molar refractivity (Wildman–Crippen MR) is 94.4 cm³/mol. The van der Waals surface area contributed by atoms with Crippen molar-refractivity contribution >= 4 is 34.6 Å². The molecule has 0 heterocycles. The number of hydrogen-bond donors (Lipinski definition) is 2. The van der Waals surface area contributed by atoms with Crippen LogP contribution in [0.5, 0.6) is 5.75 Å². The van der Waals surface area contributed by atoms with Gasteiger partial charge in [-0.05, 0) is 55.5 Å². The predicted octanol–water partition coefficient (Wildman–Crippen LogP) is 3.26. The quantitative estimate of drug-likeness (QED) is 0.481. The summed E-state index contributed by atoms with van der Waals surface area (Å²) in [4.78, 5) is 22.6. The van der Waals surface area contributed by atoms with Crippen molar-refractivity contribution in [3.63, 3.8) is 0 Å². The number of nitro groups is 1. The first-order valence-corrected chi connectivity index (χ1v) is 7.60. The van der Waals surface area contributed by atoms with Gasteiger partial charge in [0.2, 0.25) is 0 Å². The summed E-state index contributed by atoms with van der Waals surface area (Å²) in [5.74, 6) is -0.941. The molecule has 0 saturated carbocycles. The minimum Gasteiger partial charge on any atom is -0.487 e. The van der Waals surface area contributed by atoms with Crippen LogP contribution in [0.2, 0.25) is 0 Å². The summed E-state index contributed by atoms with van der Waals surface area (Å²) in [6, 6.07) is 9.25. The van der Waals surface area contributed by atoms with E-state index in [0.717, 1.165) is 6.07 Å². The minimum atomic E-state index is -0.628. The third-order valence-electron chi connectivity index (χ3n) is 3.05. The highest BCUT2D eigenvalue weighted by atomic mass is 32.1. The second kappa shape index (κ2) is 8.15. The smallest absolute Gasteiger partial charge is 0.311 e.